The number of cyclic esters (lactones) is 1. The molecule has 16 heavy (non-hydrogen) atoms. The first-order valence-corrected chi connectivity index (χ1v) is 5.45. The van der Waals surface area contributed by atoms with Crippen molar-refractivity contribution in [3.05, 3.63) is 0 Å². The van der Waals surface area contributed by atoms with Gasteiger partial charge in [-0.15, -0.1) is 0 Å². The van der Waals surface area contributed by atoms with Gasteiger partial charge in [0, 0.05) is 6.42 Å². The highest BCUT2D eigenvalue weighted by Gasteiger charge is 2.63. The van der Waals surface area contributed by atoms with Crippen LogP contribution in [-0.4, -0.2) is 58.9 Å². The highest BCUT2D eigenvalue weighted by molar-refractivity contribution is 5.78. The Balaban J connectivity index is 1.75. The van der Waals surface area contributed by atoms with Crippen LogP contribution in [-0.2, 0) is 19.0 Å². The van der Waals surface area contributed by atoms with Crippen molar-refractivity contribution in [2.45, 2.75) is 56.1 Å². The molecule has 0 aliphatic carbocycles. The molecule has 6 heteroatoms. The maximum absolute atomic E-state index is 11.5. The molecule has 3 aliphatic heterocycles. The maximum atomic E-state index is 11.5. The van der Waals surface area contributed by atoms with Crippen LogP contribution in [0.5, 0.6) is 0 Å². The van der Waals surface area contributed by atoms with E-state index < -0.39 is 36.5 Å². The average Bonchev–Trinajstić information content (AvgIpc) is 3.06. The molecule has 0 radical (unpaired) electrons. The van der Waals surface area contributed by atoms with Crippen LogP contribution in [0.15, 0.2) is 0 Å². The number of hydrogen-bond acceptors (Lipinski definition) is 6. The van der Waals surface area contributed by atoms with E-state index in [-0.39, 0.29) is 18.6 Å². The topological polar surface area (TPSA) is 91.8 Å². The predicted octanol–water partition coefficient (Wildman–Crippen LogP) is -1.42. The maximum Gasteiger partial charge on any atom is 0.338 e. The monoisotopic (exact) mass is 230 g/mol. The zero-order valence-electron chi connectivity index (χ0n) is 8.78. The molecule has 0 bridgehead atoms. The van der Waals surface area contributed by atoms with Gasteiger partial charge in [0.15, 0.2) is 6.10 Å². The van der Waals surface area contributed by atoms with Crippen LogP contribution in [0.25, 0.3) is 0 Å². The van der Waals surface area contributed by atoms with Crippen LogP contribution in [0.4, 0.5) is 0 Å². The van der Waals surface area contributed by atoms with Gasteiger partial charge in [-0.05, 0) is 6.92 Å². The summed E-state index contributed by atoms with van der Waals surface area (Å²) >= 11 is 0. The molecular formula is C10H14O6. The SMILES string of the molecule is C[C@@H]1C[C@@H](O)C(O)C2OC2C2OC2C(=O)O1. The molecule has 7 atom stereocenters. The minimum absolute atomic E-state index is 0.205. The molecular weight excluding hydrogens is 216 g/mol. The number of aliphatic hydroxyl groups is 2. The van der Waals surface area contributed by atoms with Gasteiger partial charge in [0.2, 0.25) is 0 Å². The Hall–Kier alpha value is -0.690. The molecule has 0 saturated carbocycles. The van der Waals surface area contributed by atoms with Crippen LogP contribution in [0, 0.1) is 0 Å². The van der Waals surface area contributed by atoms with E-state index in [9.17, 15) is 15.0 Å². The molecule has 0 aromatic carbocycles. The van der Waals surface area contributed by atoms with Crippen molar-refractivity contribution < 1.29 is 29.2 Å². The zero-order valence-corrected chi connectivity index (χ0v) is 8.78. The molecule has 0 aromatic heterocycles. The fourth-order valence-electron chi connectivity index (χ4n) is 2.25. The Bertz CT molecular complexity index is 316. The van der Waals surface area contributed by atoms with Gasteiger partial charge in [0.1, 0.15) is 30.5 Å². The molecule has 0 spiro atoms. The van der Waals surface area contributed by atoms with Crippen molar-refractivity contribution in [2.75, 3.05) is 0 Å². The molecule has 3 fully saturated rings. The van der Waals surface area contributed by atoms with Crippen LogP contribution in [0.2, 0.25) is 0 Å². The summed E-state index contributed by atoms with van der Waals surface area (Å²) in [6.07, 6.45) is -3.67. The highest BCUT2D eigenvalue weighted by Crippen LogP contribution is 2.42. The number of rotatable bonds is 0. The van der Waals surface area contributed by atoms with Gasteiger partial charge in [-0.2, -0.15) is 0 Å². The van der Waals surface area contributed by atoms with Gasteiger partial charge in [-0.25, -0.2) is 4.79 Å². The minimum Gasteiger partial charge on any atom is -0.461 e. The Morgan fingerprint density at radius 3 is 2.69 bits per heavy atom. The summed E-state index contributed by atoms with van der Waals surface area (Å²) in [6.45, 7) is 1.68. The Morgan fingerprint density at radius 1 is 1.19 bits per heavy atom. The number of aliphatic hydroxyl groups excluding tert-OH is 2. The van der Waals surface area contributed by atoms with Crippen LogP contribution < -0.4 is 0 Å². The molecule has 3 rings (SSSR count). The van der Waals surface area contributed by atoms with Crippen LogP contribution >= 0.6 is 0 Å². The summed E-state index contributed by atoms with van der Waals surface area (Å²) in [5.41, 5.74) is 0. The second kappa shape index (κ2) is 3.40. The molecule has 90 valence electrons. The Labute approximate surface area is 92.1 Å². The first kappa shape index (κ1) is 10.5. The van der Waals surface area contributed by atoms with Crippen molar-refractivity contribution in [3.8, 4) is 0 Å². The van der Waals surface area contributed by atoms with Gasteiger partial charge in [0.05, 0.1) is 6.10 Å². The minimum atomic E-state index is -0.937. The van der Waals surface area contributed by atoms with Crippen LogP contribution in [0.1, 0.15) is 13.3 Å². The van der Waals surface area contributed by atoms with E-state index in [4.69, 9.17) is 14.2 Å². The molecule has 6 nitrogen and oxygen atoms in total. The third-order valence-corrected chi connectivity index (χ3v) is 3.26. The van der Waals surface area contributed by atoms with Crippen molar-refractivity contribution in [1.29, 1.82) is 0 Å². The molecule has 5 unspecified atom stereocenters. The lowest BCUT2D eigenvalue weighted by atomic mass is 10.0. The molecule has 2 N–H and O–H groups in total. The van der Waals surface area contributed by atoms with Crippen molar-refractivity contribution in [1.82, 2.24) is 0 Å². The van der Waals surface area contributed by atoms with Gasteiger partial charge in [0.25, 0.3) is 0 Å². The van der Waals surface area contributed by atoms with Crippen LogP contribution in [0.3, 0.4) is 0 Å². The van der Waals surface area contributed by atoms with Crippen molar-refractivity contribution in [2.24, 2.45) is 0 Å². The Kier molecular flexibility index (Phi) is 2.22. The molecule has 3 saturated heterocycles. The molecule has 0 aromatic rings. The predicted molar refractivity (Wildman–Crippen MR) is 49.5 cm³/mol. The number of fused-ring (bicyclic) bond motifs is 3. The van der Waals surface area contributed by atoms with E-state index >= 15 is 0 Å². The highest BCUT2D eigenvalue weighted by atomic mass is 16.7. The second-order valence-electron chi connectivity index (χ2n) is 4.63. The average molecular weight is 230 g/mol. The number of epoxide rings is 2. The lowest BCUT2D eigenvalue weighted by Crippen LogP contribution is -2.37. The lowest BCUT2D eigenvalue weighted by molar-refractivity contribution is -0.152. The summed E-state index contributed by atoms with van der Waals surface area (Å²) in [5.74, 6) is -0.407. The largest absolute Gasteiger partial charge is 0.461 e. The molecule has 3 aliphatic rings. The summed E-state index contributed by atoms with van der Waals surface area (Å²) in [4.78, 5) is 11.5. The van der Waals surface area contributed by atoms with E-state index in [0.717, 1.165) is 0 Å². The lowest BCUT2D eigenvalue weighted by Gasteiger charge is -2.20. The first-order valence-electron chi connectivity index (χ1n) is 5.45. The first-order chi connectivity index (χ1) is 7.58. The number of esters is 1. The summed E-state index contributed by atoms with van der Waals surface area (Å²) in [5, 5.41) is 19.4. The zero-order chi connectivity index (χ0) is 11.4. The second-order valence-corrected chi connectivity index (χ2v) is 4.63. The van der Waals surface area contributed by atoms with Gasteiger partial charge in [-0.3, -0.25) is 0 Å². The molecule has 0 amide bonds. The summed E-state index contributed by atoms with van der Waals surface area (Å²) in [6, 6.07) is 0. The van der Waals surface area contributed by atoms with E-state index in [1.165, 1.54) is 0 Å². The number of ether oxygens (including phenoxy) is 3. The molecule has 3 heterocycles. The number of carbonyl (C=O) groups excluding carboxylic acids is 1. The third kappa shape index (κ3) is 1.62. The number of hydrogen-bond donors (Lipinski definition) is 2. The van der Waals surface area contributed by atoms with E-state index in [2.05, 4.69) is 0 Å². The standard InChI is InChI=1S/C10H14O6/c1-3-2-4(11)5(12)6-7(15-6)8-9(16-8)10(13)14-3/h3-9,11-12H,2H2,1H3/t3-,4-,5?,6?,7?,8?,9?/m1/s1. The van der Waals surface area contributed by atoms with Crippen molar-refractivity contribution >= 4 is 5.97 Å². The van der Waals surface area contributed by atoms with Gasteiger partial charge < -0.3 is 24.4 Å². The van der Waals surface area contributed by atoms with E-state index in [0.29, 0.717) is 0 Å². The van der Waals surface area contributed by atoms with E-state index in [1.807, 2.05) is 0 Å². The summed E-state index contributed by atoms with van der Waals surface area (Å²) in [7, 11) is 0. The number of carbonyl (C=O) groups is 1. The Morgan fingerprint density at radius 2 is 1.94 bits per heavy atom. The third-order valence-electron chi connectivity index (χ3n) is 3.26. The smallest absolute Gasteiger partial charge is 0.338 e. The fourth-order valence-corrected chi connectivity index (χ4v) is 2.25. The normalized spacial score (nSPS) is 55.7. The van der Waals surface area contributed by atoms with E-state index in [1.54, 1.807) is 6.92 Å². The van der Waals surface area contributed by atoms with Crippen molar-refractivity contribution in [3.63, 3.8) is 0 Å². The quantitative estimate of drug-likeness (QED) is 0.392. The van der Waals surface area contributed by atoms with Gasteiger partial charge >= 0.3 is 5.97 Å². The summed E-state index contributed by atoms with van der Waals surface area (Å²) < 4.78 is 15.5. The van der Waals surface area contributed by atoms with Gasteiger partial charge in [-0.1, -0.05) is 0 Å². The fraction of sp³-hybridized carbons (Fsp3) is 0.900.